The first-order valence-electron chi connectivity index (χ1n) is 7.04. The SMILES string of the molecule is O=c1[nH]c2ccc(C(Br)CC3CCCC3)cc2[nH]c1=O. The van der Waals surface area contributed by atoms with Crippen LogP contribution in [-0.4, -0.2) is 9.97 Å². The zero-order valence-electron chi connectivity index (χ0n) is 11.1. The molecule has 1 unspecified atom stereocenters. The minimum absolute atomic E-state index is 0.297. The third-order valence-corrected chi connectivity index (χ3v) is 5.03. The van der Waals surface area contributed by atoms with E-state index in [0.29, 0.717) is 15.9 Å². The second-order valence-corrected chi connectivity index (χ2v) is 6.67. The summed E-state index contributed by atoms with van der Waals surface area (Å²) < 4.78 is 0. The van der Waals surface area contributed by atoms with Crippen LogP contribution in [-0.2, 0) is 0 Å². The van der Waals surface area contributed by atoms with Gasteiger partial charge in [-0.1, -0.05) is 47.7 Å². The van der Waals surface area contributed by atoms with E-state index in [9.17, 15) is 9.59 Å². The van der Waals surface area contributed by atoms with Gasteiger partial charge in [0, 0.05) is 4.83 Å². The van der Waals surface area contributed by atoms with Crippen LogP contribution in [0.3, 0.4) is 0 Å². The number of hydrogen-bond donors (Lipinski definition) is 2. The maximum Gasteiger partial charge on any atom is 0.314 e. The lowest BCUT2D eigenvalue weighted by atomic mass is 9.98. The minimum Gasteiger partial charge on any atom is -0.316 e. The van der Waals surface area contributed by atoms with Crippen molar-refractivity contribution < 1.29 is 0 Å². The van der Waals surface area contributed by atoms with Gasteiger partial charge in [0.1, 0.15) is 0 Å². The van der Waals surface area contributed by atoms with E-state index in [2.05, 4.69) is 25.9 Å². The molecule has 0 radical (unpaired) electrons. The van der Waals surface area contributed by atoms with Crippen LogP contribution in [0.1, 0.15) is 42.5 Å². The van der Waals surface area contributed by atoms with Crippen LogP contribution >= 0.6 is 15.9 Å². The summed E-state index contributed by atoms with van der Waals surface area (Å²) >= 11 is 3.75. The molecule has 1 saturated carbocycles. The second-order valence-electron chi connectivity index (χ2n) is 5.57. The van der Waals surface area contributed by atoms with Gasteiger partial charge in [-0.05, 0) is 30.0 Å². The lowest BCUT2D eigenvalue weighted by molar-refractivity contribution is 0.502. The highest BCUT2D eigenvalue weighted by Crippen LogP contribution is 2.37. The van der Waals surface area contributed by atoms with E-state index in [0.717, 1.165) is 17.9 Å². The first-order chi connectivity index (χ1) is 9.63. The Morgan fingerprint density at radius 1 is 1.10 bits per heavy atom. The largest absolute Gasteiger partial charge is 0.316 e. The molecule has 0 saturated heterocycles. The number of halogens is 1. The van der Waals surface area contributed by atoms with Crippen molar-refractivity contribution in [2.45, 2.75) is 36.9 Å². The van der Waals surface area contributed by atoms with Gasteiger partial charge in [-0.3, -0.25) is 9.59 Å². The predicted octanol–water partition coefficient (Wildman–Crippen LogP) is 3.23. The van der Waals surface area contributed by atoms with Gasteiger partial charge in [0.05, 0.1) is 11.0 Å². The molecule has 106 valence electrons. The molecular weight excluding hydrogens is 320 g/mol. The molecule has 1 aromatic heterocycles. The fourth-order valence-corrected chi connectivity index (χ4v) is 3.82. The molecule has 1 aliphatic rings. The molecule has 1 fully saturated rings. The maximum absolute atomic E-state index is 11.4. The Bertz CT molecular complexity index is 728. The van der Waals surface area contributed by atoms with Crippen LogP contribution in [0, 0.1) is 5.92 Å². The van der Waals surface area contributed by atoms with Gasteiger partial charge < -0.3 is 9.97 Å². The van der Waals surface area contributed by atoms with Gasteiger partial charge in [-0.2, -0.15) is 0 Å². The van der Waals surface area contributed by atoms with Crippen molar-refractivity contribution in [3.63, 3.8) is 0 Å². The quantitative estimate of drug-likeness (QED) is 0.667. The highest BCUT2D eigenvalue weighted by atomic mass is 79.9. The highest BCUT2D eigenvalue weighted by molar-refractivity contribution is 9.09. The van der Waals surface area contributed by atoms with Crippen LogP contribution in [0.25, 0.3) is 11.0 Å². The van der Waals surface area contributed by atoms with Crippen molar-refractivity contribution in [2.75, 3.05) is 0 Å². The molecule has 0 amide bonds. The molecule has 2 aromatic rings. The van der Waals surface area contributed by atoms with Crippen molar-refractivity contribution in [3.8, 4) is 0 Å². The number of hydrogen-bond acceptors (Lipinski definition) is 2. The molecule has 0 bridgehead atoms. The summed E-state index contributed by atoms with van der Waals surface area (Å²) in [4.78, 5) is 28.2. The summed E-state index contributed by atoms with van der Waals surface area (Å²) in [5.41, 5.74) is 1.29. The Morgan fingerprint density at radius 2 is 1.75 bits per heavy atom. The van der Waals surface area contributed by atoms with Gasteiger partial charge >= 0.3 is 11.1 Å². The summed E-state index contributed by atoms with van der Waals surface area (Å²) in [5.74, 6) is 0.796. The second kappa shape index (κ2) is 5.56. The molecule has 3 rings (SSSR count). The lowest BCUT2D eigenvalue weighted by Crippen LogP contribution is -2.28. The van der Waals surface area contributed by atoms with E-state index in [4.69, 9.17) is 0 Å². The number of benzene rings is 1. The average Bonchev–Trinajstić information content (AvgIpc) is 2.92. The zero-order chi connectivity index (χ0) is 14.1. The van der Waals surface area contributed by atoms with Crippen LogP contribution < -0.4 is 11.1 Å². The third kappa shape index (κ3) is 2.73. The van der Waals surface area contributed by atoms with Crippen LogP contribution in [0.2, 0.25) is 0 Å². The number of aromatic amines is 2. The normalized spacial score (nSPS) is 17.6. The molecule has 1 atom stereocenters. The monoisotopic (exact) mass is 336 g/mol. The van der Waals surface area contributed by atoms with Gasteiger partial charge in [0.2, 0.25) is 0 Å². The molecule has 1 aromatic carbocycles. The Morgan fingerprint density at radius 3 is 2.45 bits per heavy atom. The number of alkyl halides is 1. The number of H-pyrrole nitrogens is 2. The predicted molar refractivity (Wildman–Crippen MR) is 83.4 cm³/mol. The van der Waals surface area contributed by atoms with Gasteiger partial charge in [-0.25, -0.2) is 0 Å². The Kier molecular flexibility index (Phi) is 3.78. The van der Waals surface area contributed by atoms with E-state index in [1.54, 1.807) is 0 Å². The van der Waals surface area contributed by atoms with E-state index in [1.807, 2.05) is 18.2 Å². The zero-order valence-corrected chi connectivity index (χ0v) is 12.7. The average molecular weight is 337 g/mol. The Balaban J connectivity index is 1.89. The van der Waals surface area contributed by atoms with Crippen molar-refractivity contribution in [1.82, 2.24) is 9.97 Å². The number of fused-ring (bicyclic) bond motifs is 1. The van der Waals surface area contributed by atoms with Crippen LogP contribution in [0.4, 0.5) is 0 Å². The van der Waals surface area contributed by atoms with Gasteiger partial charge in [-0.15, -0.1) is 0 Å². The standard InChI is InChI=1S/C15H17BrN2O2/c16-11(7-9-3-1-2-4-9)10-5-6-12-13(8-10)18-15(20)14(19)17-12/h5-6,8-9,11H,1-4,7H2,(H,17,19)(H,18,20). The Labute approximate surface area is 124 Å². The lowest BCUT2D eigenvalue weighted by Gasteiger charge is -2.15. The molecule has 20 heavy (non-hydrogen) atoms. The molecule has 1 heterocycles. The molecule has 0 spiro atoms. The topological polar surface area (TPSA) is 65.7 Å². The van der Waals surface area contributed by atoms with E-state index < -0.39 is 11.1 Å². The fourth-order valence-electron chi connectivity index (χ4n) is 3.00. The minimum atomic E-state index is -0.605. The van der Waals surface area contributed by atoms with Crippen molar-refractivity contribution >= 4 is 27.0 Å². The summed E-state index contributed by atoms with van der Waals surface area (Å²) in [6.45, 7) is 0. The Hall–Kier alpha value is -1.36. The summed E-state index contributed by atoms with van der Waals surface area (Å²) in [6, 6.07) is 5.80. The number of nitrogens with one attached hydrogen (secondary N) is 2. The fraction of sp³-hybridized carbons (Fsp3) is 0.467. The summed E-state index contributed by atoms with van der Waals surface area (Å²) in [7, 11) is 0. The van der Waals surface area contributed by atoms with E-state index >= 15 is 0 Å². The van der Waals surface area contributed by atoms with Crippen molar-refractivity contribution in [2.24, 2.45) is 5.92 Å². The van der Waals surface area contributed by atoms with Crippen LogP contribution in [0.5, 0.6) is 0 Å². The first kappa shape index (κ1) is 13.6. The smallest absolute Gasteiger partial charge is 0.314 e. The number of aromatic nitrogens is 2. The van der Waals surface area contributed by atoms with Crippen LogP contribution in [0.15, 0.2) is 27.8 Å². The maximum atomic E-state index is 11.4. The van der Waals surface area contributed by atoms with Gasteiger partial charge in [0.25, 0.3) is 0 Å². The van der Waals surface area contributed by atoms with Crippen molar-refractivity contribution in [3.05, 3.63) is 44.5 Å². The van der Waals surface area contributed by atoms with E-state index in [-0.39, 0.29) is 0 Å². The first-order valence-corrected chi connectivity index (χ1v) is 7.95. The molecule has 0 aliphatic heterocycles. The summed E-state index contributed by atoms with van der Waals surface area (Å²) in [5, 5.41) is 0. The summed E-state index contributed by atoms with van der Waals surface area (Å²) in [6.07, 6.45) is 6.45. The molecule has 5 heteroatoms. The molecule has 2 N–H and O–H groups in total. The molecular formula is C15H17BrN2O2. The number of rotatable bonds is 3. The van der Waals surface area contributed by atoms with E-state index in [1.165, 1.54) is 25.7 Å². The molecule has 4 nitrogen and oxygen atoms in total. The van der Waals surface area contributed by atoms with Gasteiger partial charge in [0.15, 0.2) is 0 Å². The highest BCUT2D eigenvalue weighted by Gasteiger charge is 2.19. The third-order valence-electron chi connectivity index (χ3n) is 4.12. The molecule has 1 aliphatic carbocycles. The van der Waals surface area contributed by atoms with Crippen molar-refractivity contribution in [1.29, 1.82) is 0 Å².